The fraction of sp³-hybridized carbons (Fsp3) is 0.440. The van der Waals surface area contributed by atoms with E-state index >= 15 is 8.78 Å². The van der Waals surface area contributed by atoms with E-state index in [1.165, 1.54) is 30.3 Å². The van der Waals surface area contributed by atoms with Crippen molar-refractivity contribution in [2.45, 2.75) is 56.5 Å². The van der Waals surface area contributed by atoms with Crippen LogP contribution in [0.25, 0.3) is 0 Å². The van der Waals surface area contributed by atoms with Crippen LogP contribution in [-0.2, 0) is 10.2 Å². The third-order valence-electron chi connectivity index (χ3n) is 7.37. The number of nitriles is 1. The van der Waals surface area contributed by atoms with Crippen LogP contribution in [0.3, 0.4) is 0 Å². The van der Waals surface area contributed by atoms with Crippen molar-refractivity contribution < 1.29 is 23.8 Å². The SMILES string of the molecule is CCC(CC)(CO)C[C@@H]1N[C@@H](C(=O)O)C(c2cccc(Cl)c2F)C1(C#N)c1ccc(Cl)cc1F. The van der Waals surface area contributed by atoms with Gasteiger partial charge in [0, 0.05) is 29.2 Å². The number of rotatable bonds is 8. The molecule has 0 amide bonds. The van der Waals surface area contributed by atoms with E-state index in [1.807, 2.05) is 13.8 Å². The Hall–Kier alpha value is -2.24. The van der Waals surface area contributed by atoms with Crippen LogP contribution in [0.5, 0.6) is 0 Å². The van der Waals surface area contributed by atoms with Crippen molar-refractivity contribution >= 4 is 29.2 Å². The van der Waals surface area contributed by atoms with Gasteiger partial charge in [0.1, 0.15) is 23.1 Å². The quantitative estimate of drug-likeness (QED) is 0.440. The largest absolute Gasteiger partial charge is 0.480 e. The first-order valence-corrected chi connectivity index (χ1v) is 11.8. The highest BCUT2D eigenvalue weighted by Crippen LogP contribution is 2.53. The van der Waals surface area contributed by atoms with Gasteiger partial charge in [0.05, 0.1) is 11.1 Å². The molecule has 2 aromatic rings. The lowest BCUT2D eigenvalue weighted by molar-refractivity contribution is -0.139. The molecule has 0 radical (unpaired) electrons. The van der Waals surface area contributed by atoms with Gasteiger partial charge < -0.3 is 10.2 Å². The average Bonchev–Trinajstić information content (AvgIpc) is 3.14. The summed E-state index contributed by atoms with van der Waals surface area (Å²) >= 11 is 12.0. The Kier molecular flexibility index (Phi) is 7.89. The van der Waals surface area contributed by atoms with Crippen molar-refractivity contribution in [2.75, 3.05) is 6.61 Å². The van der Waals surface area contributed by atoms with Gasteiger partial charge in [0.2, 0.25) is 0 Å². The van der Waals surface area contributed by atoms with Gasteiger partial charge in [-0.05, 0) is 48.4 Å². The molecule has 34 heavy (non-hydrogen) atoms. The lowest BCUT2D eigenvalue weighted by atomic mass is 9.61. The van der Waals surface area contributed by atoms with Crippen molar-refractivity contribution in [3.63, 3.8) is 0 Å². The molecule has 0 aromatic heterocycles. The highest BCUT2D eigenvalue weighted by molar-refractivity contribution is 6.31. The van der Waals surface area contributed by atoms with Crippen molar-refractivity contribution in [3.05, 3.63) is 69.2 Å². The summed E-state index contributed by atoms with van der Waals surface area (Å²) < 4.78 is 30.7. The fourth-order valence-corrected chi connectivity index (χ4v) is 5.53. The number of benzene rings is 2. The molecule has 5 nitrogen and oxygen atoms in total. The first-order chi connectivity index (χ1) is 16.1. The predicted octanol–water partition coefficient (Wildman–Crippen LogP) is 5.43. The number of carbonyl (C=O) groups is 1. The van der Waals surface area contributed by atoms with Crippen molar-refractivity contribution in [2.24, 2.45) is 5.41 Å². The summed E-state index contributed by atoms with van der Waals surface area (Å²) in [4.78, 5) is 12.4. The Balaban J connectivity index is 2.37. The van der Waals surface area contributed by atoms with Gasteiger partial charge in [-0.25, -0.2) is 8.78 Å². The molecule has 4 atom stereocenters. The third kappa shape index (κ3) is 4.29. The maximum absolute atomic E-state index is 15.4. The topological polar surface area (TPSA) is 93.3 Å². The van der Waals surface area contributed by atoms with Crippen LogP contribution in [0.15, 0.2) is 36.4 Å². The highest BCUT2D eigenvalue weighted by atomic mass is 35.5. The number of aliphatic hydroxyl groups excluding tert-OH is 1. The lowest BCUT2D eigenvalue weighted by Gasteiger charge is -2.39. The fourth-order valence-electron chi connectivity index (χ4n) is 5.19. The van der Waals surface area contributed by atoms with E-state index in [4.69, 9.17) is 23.2 Å². The van der Waals surface area contributed by atoms with Gasteiger partial charge in [-0.15, -0.1) is 0 Å². The van der Waals surface area contributed by atoms with Crippen LogP contribution in [0.1, 0.15) is 50.2 Å². The first-order valence-electron chi connectivity index (χ1n) is 11.0. The second-order valence-electron chi connectivity index (χ2n) is 8.83. The monoisotopic (exact) mass is 510 g/mol. The van der Waals surface area contributed by atoms with Gasteiger partial charge in [0.15, 0.2) is 0 Å². The lowest BCUT2D eigenvalue weighted by Crippen LogP contribution is -2.46. The van der Waals surface area contributed by atoms with Gasteiger partial charge in [-0.3, -0.25) is 10.1 Å². The molecule has 1 saturated heterocycles. The second kappa shape index (κ2) is 10.2. The van der Waals surface area contributed by atoms with Crippen LogP contribution in [0, 0.1) is 28.4 Å². The first kappa shape index (κ1) is 26.4. The maximum atomic E-state index is 15.4. The average molecular weight is 511 g/mol. The minimum Gasteiger partial charge on any atom is -0.480 e. The van der Waals surface area contributed by atoms with Crippen molar-refractivity contribution in [1.29, 1.82) is 5.26 Å². The molecule has 0 bridgehead atoms. The van der Waals surface area contributed by atoms with E-state index in [0.717, 1.165) is 6.07 Å². The molecule has 3 rings (SSSR count). The molecule has 0 spiro atoms. The minimum absolute atomic E-state index is 0.0935. The van der Waals surface area contributed by atoms with E-state index in [9.17, 15) is 20.3 Å². The number of hydrogen-bond donors (Lipinski definition) is 3. The molecule has 0 saturated carbocycles. The summed E-state index contributed by atoms with van der Waals surface area (Å²) in [6.07, 6.45) is 1.24. The molecule has 9 heteroatoms. The molecule has 0 aliphatic carbocycles. The number of hydrogen-bond acceptors (Lipinski definition) is 4. The number of nitrogens with one attached hydrogen (secondary N) is 1. The normalized spacial score (nSPS) is 24.7. The van der Waals surface area contributed by atoms with Crippen LogP contribution in [-0.4, -0.2) is 34.9 Å². The van der Waals surface area contributed by atoms with Crippen LogP contribution in [0.4, 0.5) is 8.78 Å². The molecule has 3 N–H and O–H groups in total. The minimum atomic E-state index is -1.84. The highest BCUT2D eigenvalue weighted by Gasteiger charge is 2.61. The van der Waals surface area contributed by atoms with Crippen LogP contribution in [0.2, 0.25) is 10.0 Å². The number of aliphatic carboxylic acids is 1. The molecule has 1 aliphatic rings. The molecular weight excluding hydrogens is 485 g/mol. The number of nitrogens with zero attached hydrogens (tertiary/aromatic N) is 1. The standard InChI is InChI=1S/C25H26Cl2F2N2O3/c1-3-24(4-2,13-32)11-19-25(12-30,16-9-8-14(26)10-18(16)28)20(22(31-19)23(33)34)15-6-5-7-17(27)21(15)29/h5-10,19-20,22,31-32H,3-4,11,13H2,1-2H3,(H,33,34)/t19-,20?,22+,25?/m0/s1. The zero-order valence-corrected chi connectivity index (χ0v) is 20.3. The molecule has 182 valence electrons. The van der Waals surface area contributed by atoms with E-state index in [-0.39, 0.29) is 34.2 Å². The number of aliphatic hydroxyl groups is 1. The number of halogens is 4. The van der Waals surface area contributed by atoms with E-state index in [1.54, 1.807) is 0 Å². The Labute approximate surface area is 207 Å². The van der Waals surface area contributed by atoms with Gasteiger partial charge in [0.25, 0.3) is 0 Å². The molecule has 1 aliphatic heterocycles. The molecule has 1 heterocycles. The summed E-state index contributed by atoms with van der Waals surface area (Å²) in [6.45, 7) is 3.56. The second-order valence-corrected chi connectivity index (χ2v) is 9.67. The molecule has 1 fully saturated rings. The summed E-state index contributed by atoms with van der Waals surface area (Å²) in [5.74, 6) is -4.30. The zero-order valence-electron chi connectivity index (χ0n) is 18.8. The third-order valence-corrected chi connectivity index (χ3v) is 7.90. The molecule has 2 aromatic carbocycles. The number of carboxylic acids is 1. The van der Waals surface area contributed by atoms with Gasteiger partial charge in [-0.1, -0.05) is 55.2 Å². The van der Waals surface area contributed by atoms with Gasteiger partial charge >= 0.3 is 5.97 Å². The van der Waals surface area contributed by atoms with Crippen molar-refractivity contribution in [1.82, 2.24) is 5.32 Å². The summed E-state index contributed by atoms with van der Waals surface area (Å²) in [5.41, 5.74) is -2.70. The molecular formula is C25H26Cl2F2N2O3. The Morgan fingerprint density at radius 2 is 1.91 bits per heavy atom. The Morgan fingerprint density at radius 1 is 1.24 bits per heavy atom. The van der Waals surface area contributed by atoms with Crippen molar-refractivity contribution in [3.8, 4) is 6.07 Å². The van der Waals surface area contributed by atoms with E-state index < -0.39 is 46.4 Å². The predicted molar refractivity (Wildman–Crippen MR) is 126 cm³/mol. The molecule has 2 unspecified atom stereocenters. The smallest absolute Gasteiger partial charge is 0.321 e. The number of carboxylic acid groups (broad SMARTS) is 1. The Bertz CT molecular complexity index is 1110. The van der Waals surface area contributed by atoms with Crippen LogP contribution < -0.4 is 5.32 Å². The van der Waals surface area contributed by atoms with E-state index in [0.29, 0.717) is 12.8 Å². The maximum Gasteiger partial charge on any atom is 0.321 e. The van der Waals surface area contributed by atoms with Crippen LogP contribution >= 0.6 is 23.2 Å². The van der Waals surface area contributed by atoms with Gasteiger partial charge in [-0.2, -0.15) is 5.26 Å². The summed E-state index contributed by atoms with van der Waals surface area (Å²) in [6, 6.07) is 7.78. The van der Waals surface area contributed by atoms with E-state index in [2.05, 4.69) is 11.4 Å². The summed E-state index contributed by atoms with van der Waals surface area (Å²) in [5, 5.41) is 33.8. The summed E-state index contributed by atoms with van der Waals surface area (Å²) in [7, 11) is 0. The Morgan fingerprint density at radius 3 is 2.44 bits per heavy atom. The zero-order chi connectivity index (χ0) is 25.3.